The minimum Gasteiger partial charge on any atom is -0.495 e. The number of nitrogens with one attached hydrogen (secondary N) is 3. The Balaban J connectivity index is 0.00000484. The maximum absolute atomic E-state index is 11.9. The summed E-state index contributed by atoms with van der Waals surface area (Å²) in [6.07, 6.45) is 0.174. The molecule has 2 amide bonds. The van der Waals surface area contributed by atoms with Gasteiger partial charge in [-0.15, -0.1) is 12.4 Å². The Morgan fingerprint density at radius 2 is 2.04 bits per heavy atom. The maximum atomic E-state index is 11.9. The van der Waals surface area contributed by atoms with Gasteiger partial charge in [-0.25, -0.2) is 0 Å². The first kappa shape index (κ1) is 21.5. The van der Waals surface area contributed by atoms with Gasteiger partial charge in [0, 0.05) is 30.5 Å². The predicted molar refractivity (Wildman–Crippen MR) is 94.6 cm³/mol. The first-order chi connectivity index (χ1) is 10.5. The van der Waals surface area contributed by atoms with Crippen LogP contribution in [0, 0.1) is 5.92 Å². The van der Waals surface area contributed by atoms with Gasteiger partial charge < -0.3 is 20.7 Å². The monoisotopic (exact) mass is 363 g/mol. The van der Waals surface area contributed by atoms with Crippen molar-refractivity contribution in [3.8, 4) is 5.75 Å². The minimum absolute atomic E-state index is 0. The summed E-state index contributed by atoms with van der Waals surface area (Å²) < 4.78 is 5.15. The van der Waals surface area contributed by atoms with Crippen LogP contribution in [0.25, 0.3) is 0 Å². The summed E-state index contributed by atoms with van der Waals surface area (Å²) in [4.78, 5) is 23.6. The number of rotatable bonds is 8. The number of carbonyl (C=O) groups is 2. The van der Waals surface area contributed by atoms with Crippen LogP contribution in [0.1, 0.15) is 13.3 Å². The molecule has 0 heterocycles. The van der Waals surface area contributed by atoms with Gasteiger partial charge in [0.15, 0.2) is 0 Å². The molecule has 0 aliphatic carbocycles. The molecule has 0 fully saturated rings. The Kier molecular flexibility index (Phi) is 10.4. The summed E-state index contributed by atoms with van der Waals surface area (Å²) in [6, 6.07) is 4.98. The smallest absolute Gasteiger partial charge is 0.226 e. The van der Waals surface area contributed by atoms with Crippen molar-refractivity contribution in [3.05, 3.63) is 23.2 Å². The molecule has 0 aliphatic heterocycles. The van der Waals surface area contributed by atoms with Crippen molar-refractivity contribution in [3.63, 3.8) is 0 Å². The molecule has 0 radical (unpaired) electrons. The fourth-order valence-electron chi connectivity index (χ4n) is 1.86. The molecular formula is C15H23Cl2N3O3. The Labute approximate surface area is 147 Å². The van der Waals surface area contributed by atoms with Crippen LogP contribution in [0.15, 0.2) is 18.2 Å². The zero-order chi connectivity index (χ0) is 16.5. The Hall–Kier alpha value is -1.50. The average Bonchev–Trinajstić information content (AvgIpc) is 2.47. The molecule has 0 spiro atoms. The van der Waals surface area contributed by atoms with E-state index in [0.29, 0.717) is 23.0 Å². The van der Waals surface area contributed by atoms with E-state index in [1.807, 2.05) is 6.92 Å². The number of halogens is 2. The van der Waals surface area contributed by atoms with Crippen LogP contribution >= 0.6 is 24.0 Å². The van der Waals surface area contributed by atoms with Crippen molar-refractivity contribution in [1.82, 2.24) is 10.6 Å². The third kappa shape index (κ3) is 7.54. The van der Waals surface area contributed by atoms with E-state index in [1.165, 1.54) is 7.11 Å². The molecule has 0 aliphatic rings. The second-order valence-corrected chi connectivity index (χ2v) is 5.33. The molecule has 0 saturated carbocycles. The lowest BCUT2D eigenvalue weighted by Gasteiger charge is -2.12. The van der Waals surface area contributed by atoms with Crippen LogP contribution in [-0.4, -0.2) is 39.1 Å². The summed E-state index contributed by atoms with van der Waals surface area (Å²) in [5.74, 6) is 0.0927. The van der Waals surface area contributed by atoms with E-state index in [9.17, 15) is 9.59 Å². The van der Waals surface area contributed by atoms with Crippen LogP contribution in [-0.2, 0) is 9.59 Å². The van der Waals surface area contributed by atoms with E-state index in [0.717, 1.165) is 0 Å². The summed E-state index contributed by atoms with van der Waals surface area (Å²) in [7, 11) is 3.30. The molecule has 8 heteroatoms. The lowest BCUT2D eigenvalue weighted by Crippen LogP contribution is -2.35. The lowest BCUT2D eigenvalue weighted by molar-refractivity contribution is -0.124. The first-order valence-corrected chi connectivity index (χ1v) is 7.41. The van der Waals surface area contributed by atoms with Gasteiger partial charge in [-0.05, 0) is 25.2 Å². The SMILES string of the molecule is CNCC(C)C(=O)NCCC(=O)Nc1cc(Cl)ccc1OC.Cl. The molecule has 3 N–H and O–H groups in total. The van der Waals surface area contributed by atoms with Gasteiger partial charge in [0.2, 0.25) is 11.8 Å². The highest BCUT2D eigenvalue weighted by Gasteiger charge is 2.12. The first-order valence-electron chi connectivity index (χ1n) is 7.03. The van der Waals surface area contributed by atoms with E-state index in [4.69, 9.17) is 16.3 Å². The van der Waals surface area contributed by atoms with Gasteiger partial charge in [0.1, 0.15) is 5.75 Å². The Morgan fingerprint density at radius 1 is 1.35 bits per heavy atom. The number of hydrogen-bond donors (Lipinski definition) is 3. The molecule has 1 unspecified atom stereocenters. The van der Waals surface area contributed by atoms with Gasteiger partial charge in [-0.2, -0.15) is 0 Å². The maximum Gasteiger partial charge on any atom is 0.226 e. The zero-order valence-corrected chi connectivity index (χ0v) is 15.0. The van der Waals surface area contributed by atoms with E-state index >= 15 is 0 Å². The molecule has 0 bridgehead atoms. The fraction of sp³-hybridized carbons (Fsp3) is 0.467. The number of benzene rings is 1. The number of hydrogen-bond acceptors (Lipinski definition) is 4. The second-order valence-electron chi connectivity index (χ2n) is 4.89. The molecular weight excluding hydrogens is 341 g/mol. The second kappa shape index (κ2) is 11.1. The highest BCUT2D eigenvalue weighted by atomic mass is 35.5. The molecule has 1 aromatic rings. The van der Waals surface area contributed by atoms with Crippen molar-refractivity contribution < 1.29 is 14.3 Å². The summed E-state index contributed by atoms with van der Waals surface area (Å²) in [5, 5.41) is 8.88. The quantitative estimate of drug-likeness (QED) is 0.660. The van der Waals surface area contributed by atoms with E-state index in [2.05, 4.69) is 16.0 Å². The van der Waals surface area contributed by atoms with Crippen molar-refractivity contribution in [1.29, 1.82) is 0 Å². The number of amides is 2. The zero-order valence-electron chi connectivity index (χ0n) is 13.4. The number of anilines is 1. The molecule has 1 rings (SSSR count). The predicted octanol–water partition coefficient (Wildman–Crippen LogP) is 2.07. The Morgan fingerprint density at radius 3 is 2.65 bits per heavy atom. The molecule has 23 heavy (non-hydrogen) atoms. The van der Waals surface area contributed by atoms with Gasteiger partial charge in [-0.3, -0.25) is 9.59 Å². The fourth-order valence-corrected chi connectivity index (χ4v) is 2.04. The summed E-state index contributed by atoms with van der Waals surface area (Å²) >= 11 is 5.90. The highest BCUT2D eigenvalue weighted by Crippen LogP contribution is 2.27. The molecule has 130 valence electrons. The third-order valence-electron chi connectivity index (χ3n) is 3.04. The Bertz CT molecular complexity index is 527. The van der Waals surface area contributed by atoms with E-state index < -0.39 is 0 Å². The van der Waals surface area contributed by atoms with Crippen LogP contribution in [0.3, 0.4) is 0 Å². The van der Waals surface area contributed by atoms with E-state index in [1.54, 1.807) is 25.2 Å². The van der Waals surface area contributed by atoms with Crippen molar-refractivity contribution in [2.45, 2.75) is 13.3 Å². The van der Waals surface area contributed by atoms with Gasteiger partial charge >= 0.3 is 0 Å². The van der Waals surface area contributed by atoms with Crippen LogP contribution in [0.5, 0.6) is 5.75 Å². The van der Waals surface area contributed by atoms with Crippen LogP contribution in [0.4, 0.5) is 5.69 Å². The normalized spacial score (nSPS) is 11.1. The van der Waals surface area contributed by atoms with Gasteiger partial charge in [0.25, 0.3) is 0 Å². The van der Waals surface area contributed by atoms with Gasteiger partial charge in [-0.1, -0.05) is 18.5 Å². The highest BCUT2D eigenvalue weighted by molar-refractivity contribution is 6.31. The van der Waals surface area contributed by atoms with Crippen molar-refractivity contribution in [2.75, 3.05) is 32.6 Å². The average molecular weight is 364 g/mol. The largest absolute Gasteiger partial charge is 0.495 e. The van der Waals surface area contributed by atoms with Gasteiger partial charge in [0.05, 0.1) is 12.8 Å². The summed E-state index contributed by atoms with van der Waals surface area (Å²) in [5.41, 5.74) is 0.509. The number of ether oxygens (including phenoxy) is 1. The molecule has 1 atom stereocenters. The third-order valence-corrected chi connectivity index (χ3v) is 3.28. The van der Waals surface area contributed by atoms with Crippen molar-refractivity contribution in [2.24, 2.45) is 5.92 Å². The summed E-state index contributed by atoms with van der Waals surface area (Å²) in [6.45, 7) is 2.70. The number of methoxy groups -OCH3 is 1. The van der Waals surface area contributed by atoms with Crippen LogP contribution in [0.2, 0.25) is 5.02 Å². The van der Waals surface area contributed by atoms with Crippen LogP contribution < -0.4 is 20.7 Å². The molecule has 0 saturated heterocycles. The topological polar surface area (TPSA) is 79.5 Å². The molecule has 1 aromatic carbocycles. The lowest BCUT2D eigenvalue weighted by atomic mass is 10.1. The number of carbonyl (C=O) groups excluding carboxylic acids is 2. The minimum atomic E-state index is -0.220. The molecule has 0 aromatic heterocycles. The van der Waals surface area contributed by atoms with Crippen molar-refractivity contribution >= 4 is 41.5 Å². The van der Waals surface area contributed by atoms with E-state index in [-0.39, 0.29) is 43.1 Å². The molecule has 6 nitrogen and oxygen atoms in total. The standard InChI is InChI=1S/C15H22ClN3O3.ClH/c1-10(9-17-2)15(21)18-7-6-14(20)19-12-8-11(16)4-5-13(12)22-3;/h4-5,8,10,17H,6-7,9H2,1-3H3,(H,18,21)(H,19,20);1H.